The highest BCUT2D eigenvalue weighted by atomic mass is 32.2. The van der Waals surface area contributed by atoms with Crippen molar-refractivity contribution in [2.24, 2.45) is 0 Å². The molecule has 0 saturated heterocycles. The zero-order chi connectivity index (χ0) is 13.6. The predicted octanol–water partition coefficient (Wildman–Crippen LogP) is 1.60. The molecule has 4 nitrogen and oxygen atoms in total. The maximum absolute atomic E-state index is 11.3. The summed E-state index contributed by atoms with van der Waals surface area (Å²) >= 11 is 0. The Kier molecular flexibility index (Phi) is 5.78. The molecule has 1 unspecified atom stereocenters. The van der Waals surface area contributed by atoms with E-state index in [1.807, 2.05) is 26.0 Å². The number of hydrogen-bond acceptors (Lipinski definition) is 4. The molecule has 1 atom stereocenters. The van der Waals surface area contributed by atoms with Gasteiger partial charge in [-0.1, -0.05) is 12.1 Å². The summed E-state index contributed by atoms with van der Waals surface area (Å²) in [5, 5.41) is 3.27. The summed E-state index contributed by atoms with van der Waals surface area (Å²) in [4.78, 5) is 0.355. The summed E-state index contributed by atoms with van der Waals surface area (Å²) in [6.45, 7) is 6.19. The zero-order valence-corrected chi connectivity index (χ0v) is 12.0. The molecule has 0 heterocycles. The van der Waals surface area contributed by atoms with Crippen molar-refractivity contribution in [3.63, 3.8) is 0 Å². The second-order valence-corrected chi connectivity index (χ2v) is 6.33. The molecule has 5 heteroatoms. The molecule has 1 aromatic carbocycles. The van der Waals surface area contributed by atoms with Gasteiger partial charge >= 0.3 is 0 Å². The molecule has 0 aliphatic carbocycles. The molecule has 1 aromatic rings. The monoisotopic (exact) mass is 271 g/mol. The first kappa shape index (κ1) is 15.1. The number of nitrogens with one attached hydrogen (secondary N) is 1. The van der Waals surface area contributed by atoms with Crippen molar-refractivity contribution in [3.05, 3.63) is 29.8 Å². The lowest BCUT2D eigenvalue weighted by Crippen LogP contribution is -2.26. The van der Waals surface area contributed by atoms with Gasteiger partial charge in [0.05, 0.1) is 11.0 Å². The van der Waals surface area contributed by atoms with Crippen LogP contribution in [-0.2, 0) is 21.1 Å². The van der Waals surface area contributed by atoms with Crippen LogP contribution in [0.5, 0.6) is 0 Å². The smallest absolute Gasteiger partial charge is 0.175 e. The fourth-order valence-corrected chi connectivity index (χ4v) is 2.25. The van der Waals surface area contributed by atoms with E-state index in [9.17, 15) is 8.42 Å². The van der Waals surface area contributed by atoms with Crippen LogP contribution in [0, 0.1) is 0 Å². The molecule has 0 bridgehead atoms. The quantitative estimate of drug-likeness (QED) is 0.818. The summed E-state index contributed by atoms with van der Waals surface area (Å²) in [6, 6.07) is 6.93. The Hall–Kier alpha value is -0.910. The third kappa shape index (κ3) is 5.16. The second-order valence-electron chi connectivity index (χ2n) is 4.31. The van der Waals surface area contributed by atoms with E-state index in [0.29, 0.717) is 18.0 Å². The van der Waals surface area contributed by atoms with Crippen LogP contribution < -0.4 is 5.32 Å². The van der Waals surface area contributed by atoms with Gasteiger partial charge in [-0.2, -0.15) is 0 Å². The Morgan fingerprint density at radius 2 is 1.89 bits per heavy atom. The molecule has 102 valence electrons. The number of sulfone groups is 1. The molecule has 0 spiro atoms. The van der Waals surface area contributed by atoms with E-state index in [2.05, 4.69) is 5.32 Å². The maximum Gasteiger partial charge on any atom is 0.175 e. The minimum atomic E-state index is -3.10. The van der Waals surface area contributed by atoms with Gasteiger partial charge in [-0.05, 0) is 31.5 Å². The van der Waals surface area contributed by atoms with Crippen LogP contribution in [0.15, 0.2) is 29.2 Å². The summed E-state index contributed by atoms with van der Waals surface area (Å²) in [6.07, 6.45) is 1.40. The average Bonchev–Trinajstić information content (AvgIpc) is 2.29. The SMILES string of the molecule is CCOC(C)CNCc1ccc(S(C)(=O)=O)cc1. The van der Waals surface area contributed by atoms with E-state index in [1.54, 1.807) is 12.1 Å². The van der Waals surface area contributed by atoms with Gasteiger partial charge in [0.2, 0.25) is 0 Å². The first-order valence-electron chi connectivity index (χ1n) is 6.04. The highest BCUT2D eigenvalue weighted by Gasteiger charge is 2.06. The van der Waals surface area contributed by atoms with Crippen LogP contribution in [0.2, 0.25) is 0 Å². The number of ether oxygens (including phenoxy) is 1. The van der Waals surface area contributed by atoms with Crippen molar-refractivity contribution in [1.82, 2.24) is 5.32 Å². The summed E-state index contributed by atoms with van der Waals surface area (Å²) in [5.74, 6) is 0. The van der Waals surface area contributed by atoms with E-state index in [0.717, 1.165) is 12.1 Å². The van der Waals surface area contributed by atoms with Crippen molar-refractivity contribution in [3.8, 4) is 0 Å². The Bertz CT molecular complexity index is 454. The van der Waals surface area contributed by atoms with Crippen LogP contribution in [0.1, 0.15) is 19.4 Å². The fraction of sp³-hybridized carbons (Fsp3) is 0.538. The lowest BCUT2D eigenvalue weighted by atomic mass is 10.2. The highest BCUT2D eigenvalue weighted by Crippen LogP contribution is 2.10. The van der Waals surface area contributed by atoms with Crippen molar-refractivity contribution >= 4 is 9.84 Å². The lowest BCUT2D eigenvalue weighted by molar-refractivity contribution is 0.0759. The Labute approximate surface area is 109 Å². The maximum atomic E-state index is 11.3. The Morgan fingerprint density at radius 1 is 1.28 bits per heavy atom. The van der Waals surface area contributed by atoms with Crippen molar-refractivity contribution in [2.45, 2.75) is 31.4 Å². The third-order valence-electron chi connectivity index (χ3n) is 2.56. The minimum Gasteiger partial charge on any atom is -0.377 e. The summed E-state index contributed by atoms with van der Waals surface area (Å²) in [7, 11) is -3.10. The Balaban J connectivity index is 2.45. The van der Waals surface area contributed by atoms with Gasteiger partial charge in [-0.15, -0.1) is 0 Å². The summed E-state index contributed by atoms with van der Waals surface area (Å²) < 4.78 is 28.0. The molecule has 0 aliphatic heterocycles. The number of hydrogen-bond donors (Lipinski definition) is 1. The van der Waals surface area contributed by atoms with Crippen LogP contribution in [0.3, 0.4) is 0 Å². The van der Waals surface area contributed by atoms with E-state index < -0.39 is 9.84 Å². The molecular weight excluding hydrogens is 250 g/mol. The first-order chi connectivity index (χ1) is 8.43. The van der Waals surface area contributed by atoms with Crippen LogP contribution in [-0.4, -0.2) is 33.9 Å². The van der Waals surface area contributed by atoms with E-state index >= 15 is 0 Å². The molecule has 0 amide bonds. The normalized spacial score (nSPS) is 13.5. The van der Waals surface area contributed by atoms with Crippen molar-refractivity contribution in [1.29, 1.82) is 0 Å². The molecule has 18 heavy (non-hydrogen) atoms. The average molecular weight is 271 g/mol. The molecule has 0 radical (unpaired) electrons. The second kappa shape index (κ2) is 6.87. The molecule has 0 aliphatic rings. The van der Waals surface area contributed by atoms with Gasteiger partial charge in [0, 0.05) is 26.0 Å². The Morgan fingerprint density at radius 3 is 2.39 bits per heavy atom. The first-order valence-corrected chi connectivity index (χ1v) is 7.94. The van der Waals surface area contributed by atoms with E-state index in [4.69, 9.17) is 4.74 Å². The molecule has 0 saturated carbocycles. The zero-order valence-electron chi connectivity index (χ0n) is 11.1. The van der Waals surface area contributed by atoms with Crippen molar-refractivity contribution < 1.29 is 13.2 Å². The highest BCUT2D eigenvalue weighted by molar-refractivity contribution is 7.90. The van der Waals surface area contributed by atoms with Crippen LogP contribution in [0.4, 0.5) is 0 Å². The van der Waals surface area contributed by atoms with E-state index in [1.165, 1.54) is 6.26 Å². The molecular formula is C13H21NO3S. The van der Waals surface area contributed by atoms with Gasteiger partial charge in [-0.25, -0.2) is 8.42 Å². The van der Waals surface area contributed by atoms with E-state index in [-0.39, 0.29) is 6.10 Å². The topological polar surface area (TPSA) is 55.4 Å². The van der Waals surface area contributed by atoms with Gasteiger partial charge in [-0.3, -0.25) is 0 Å². The van der Waals surface area contributed by atoms with Gasteiger partial charge in [0.25, 0.3) is 0 Å². The van der Waals surface area contributed by atoms with Crippen LogP contribution in [0.25, 0.3) is 0 Å². The molecule has 0 aromatic heterocycles. The van der Waals surface area contributed by atoms with Crippen LogP contribution >= 0.6 is 0 Å². The predicted molar refractivity (Wildman–Crippen MR) is 72.3 cm³/mol. The van der Waals surface area contributed by atoms with Gasteiger partial charge in [0.15, 0.2) is 9.84 Å². The molecule has 1 N–H and O–H groups in total. The standard InChI is InChI=1S/C13H21NO3S/c1-4-17-11(2)9-14-10-12-5-7-13(8-6-12)18(3,15)16/h5-8,11,14H,4,9-10H2,1-3H3. The van der Waals surface area contributed by atoms with Gasteiger partial charge < -0.3 is 10.1 Å². The van der Waals surface area contributed by atoms with Crippen molar-refractivity contribution in [2.75, 3.05) is 19.4 Å². The third-order valence-corrected chi connectivity index (χ3v) is 3.69. The lowest BCUT2D eigenvalue weighted by Gasteiger charge is -2.12. The number of benzene rings is 1. The molecule has 1 rings (SSSR count). The van der Waals surface area contributed by atoms with Gasteiger partial charge in [0.1, 0.15) is 0 Å². The molecule has 0 fully saturated rings. The largest absolute Gasteiger partial charge is 0.377 e. The number of rotatable bonds is 7. The fourth-order valence-electron chi connectivity index (χ4n) is 1.62. The minimum absolute atomic E-state index is 0.185. The summed E-state index contributed by atoms with van der Waals surface area (Å²) in [5.41, 5.74) is 1.06.